The number of anilines is 5. The maximum atomic E-state index is 6.68. The highest BCUT2D eigenvalue weighted by Crippen LogP contribution is 2.66. The molecule has 2 atom stereocenters. The molecule has 11 aromatic carbocycles. The van der Waals surface area contributed by atoms with E-state index in [1.165, 1.54) is 72.3 Å². The Bertz CT molecular complexity index is 4400. The number of hydrogen-bond donors (Lipinski definition) is 0. The van der Waals surface area contributed by atoms with E-state index < -0.39 is 5.41 Å². The standard InChI is InChI=1S/C73H48N2O2/c1-3-17-47(18-4-1)49-33-37-51(38-34-49)74(53-41-43-57-55-21-9-13-31-67(55)76-69(57)45-53)65-29-15-27-63-71(65)59-23-7-11-25-61(59)73(63)62-26-12-8-24-60(62)72-64(73)28-16-30-66(72)75(52-39-35-50(36-40-52)48-19-5-2-6-20-48)54-42-44-58-56-22-10-14-32-68(56)77-70(58)46-54/h1-43,45-46,58H,44H2. The number of para-hydroxylation sites is 2. The Morgan fingerprint density at radius 3 is 1.56 bits per heavy atom. The number of hydrogen-bond acceptors (Lipinski definition) is 4. The van der Waals surface area contributed by atoms with Gasteiger partial charge in [-0.05, 0) is 123 Å². The van der Waals surface area contributed by atoms with Gasteiger partial charge in [0.15, 0.2) is 0 Å². The van der Waals surface area contributed by atoms with Gasteiger partial charge >= 0.3 is 0 Å². The number of rotatable bonds is 8. The quantitative estimate of drug-likeness (QED) is 0.152. The van der Waals surface area contributed by atoms with Crippen LogP contribution in [0.5, 0.6) is 5.75 Å². The lowest BCUT2D eigenvalue weighted by atomic mass is 9.70. The summed E-state index contributed by atoms with van der Waals surface area (Å²) >= 11 is 0. The highest BCUT2D eigenvalue weighted by Gasteiger charge is 2.53. The van der Waals surface area contributed by atoms with Crippen molar-refractivity contribution in [3.8, 4) is 50.3 Å². The molecule has 2 unspecified atom stereocenters. The largest absolute Gasteiger partial charge is 0.461 e. The first-order chi connectivity index (χ1) is 38.2. The lowest BCUT2D eigenvalue weighted by molar-refractivity contribution is 0.424. The van der Waals surface area contributed by atoms with E-state index in [4.69, 9.17) is 9.15 Å². The molecule has 0 saturated heterocycles. The second kappa shape index (κ2) is 17.1. The van der Waals surface area contributed by atoms with Crippen LogP contribution in [0.3, 0.4) is 0 Å². The van der Waals surface area contributed by atoms with Crippen molar-refractivity contribution in [2.24, 2.45) is 0 Å². The molecule has 0 N–H and O–H groups in total. The van der Waals surface area contributed by atoms with E-state index in [1.54, 1.807) is 0 Å². The van der Waals surface area contributed by atoms with E-state index in [-0.39, 0.29) is 5.92 Å². The van der Waals surface area contributed by atoms with Crippen molar-refractivity contribution < 1.29 is 9.15 Å². The molecule has 0 amide bonds. The van der Waals surface area contributed by atoms with Crippen molar-refractivity contribution in [2.75, 3.05) is 9.80 Å². The van der Waals surface area contributed by atoms with E-state index in [0.29, 0.717) is 0 Å². The van der Waals surface area contributed by atoms with Gasteiger partial charge in [-0.1, -0.05) is 200 Å². The minimum atomic E-state index is -0.640. The molecule has 0 radical (unpaired) electrons. The predicted octanol–water partition coefficient (Wildman–Crippen LogP) is 19.2. The zero-order valence-corrected chi connectivity index (χ0v) is 42.0. The van der Waals surface area contributed by atoms with E-state index in [1.807, 2.05) is 6.07 Å². The molecule has 0 bridgehead atoms. The van der Waals surface area contributed by atoms with Gasteiger partial charge in [-0.25, -0.2) is 0 Å². The summed E-state index contributed by atoms with van der Waals surface area (Å²) in [4.78, 5) is 4.92. The summed E-state index contributed by atoms with van der Waals surface area (Å²) < 4.78 is 13.3. The van der Waals surface area contributed by atoms with Crippen LogP contribution in [0, 0.1) is 0 Å². The summed E-state index contributed by atoms with van der Waals surface area (Å²) in [6, 6.07) is 95.2. The number of fused-ring (bicyclic) bond motifs is 16. The lowest BCUT2D eigenvalue weighted by Crippen LogP contribution is -2.26. The zero-order valence-electron chi connectivity index (χ0n) is 42.0. The van der Waals surface area contributed by atoms with Crippen LogP contribution < -0.4 is 14.5 Å². The number of allylic oxidation sites excluding steroid dienone is 3. The van der Waals surface area contributed by atoms with Crippen molar-refractivity contribution in [1.82, 2.24) is 0 Å². The van der Waals surface area contributed by atoms with Crippen LogP contribution in [-0.4, -0.2) is 0 Å². The Hall–Kier alpha value is -9.90. The highest BCUT2D eigenvalue weighted by molar-refractivity contribution is 6.08. The molecule has 2 heterocycles. The fourth-order valence-corrected chi connectivity index (χ4v) is 13.3. The number of furan rings is 1. The molecule has 362 valence electrons. The first kappa shape index (κ1) is 43.5. The Morgan fingerprint density at radius 2 is 0.896 bits per heavy atom. The van der Waals surface area contributed by atoms with Crippen LogP contribution in [-0.2, 0) is 5.41 Å². The summed E-state index contributed by atoms with van der Waals surface area (Å²) in [6.45, 7) is 0. The Morgan fingerprint density at radius 1 is 0.390 bits per heavy atom. The predicted molar refractivity (Wildman–Crippen MR) is 315 cm³/mol. The van der Waals surface area contributed by atoms with Crippen LogP contribution in [0.4, 0.5) is 28.4 Å². The third kappa shape index (κ3) is 6.52. The fourth-order valence-electron chi connectivity index (χ4n) is 13.3. The number of benzene rings is 11. The molecule has 77 heavy (non-hydrogen) atoms. The van der Waals surface area contributed by atoms with Gasteiger partial charge in [0.05, 0.1) is 16.8 Å². The highest BCUT2D eigenvalue weighted by atomic mass is 16.5. The molecule has 4 heteroatoms. The average molecular weight is 985 g/mol. The molecule has 0 saturated carbocycles. The molecule has 0 fully saturated rings. The molecular weight excluding hydrogens is 937 g/mol. The Labute approximate surface area is 447 Å². The minimum Gasteiger partial charge on any atom is -0.461 e. The molecule has 16 rings (SSSR count). The molecule has 1 spiro atoms. The van der Waals surface area contributed by atoms with E-state index in [2.05, 4.69) is 277 Å². The third-order valence-electron chi connectivity index (χ3n) is 16.6. The number of ether oxygens (including phenoxy) is 1. The molecule has 12 aromatic rings. The summed E-state index contributed by atoms with van der Waals surface area (Å²) in [7, 11) is 0. The van der Waals surface area contributed by atoms with Gasteiger partial charge in [-0.2, -0.15) is 0 Å². The first-order valence-electron chi connectivity index (χ1n) is 26.7. The molecule has 4 aliphatic rings. The van der Waals surface area contributed by atoms with E-state index in [9.17, 15) is 0 Å². The SMILES string of the molecule is C1=C2Oc3ccccc3C2CC=C1N(c1ccc(-c2ccccc2)cc1)c1cccc2c1-c1ccccc1C21c2ccccc2-c2c(N(c3ccc(-c4ccccc4)cc3)c3ccc4c(c3)oc3ccccc34)cccc21. The van der Waals surface area contributed by atoms with Crippen LogP contribution in [0.1, 0.15) is 40.2 Å². The maximum absolute atomic E-state index is 6.68. The fraction of sp³-hybridized carbons (Fsp3) is 0.0411. The van der Waals surface area contributed by atoms with Crippen molar-refractivity contribution in [1.29, 1.82) is 0 Å². The van der Waals surface area contributed by atoms with Crippen molar-refractivity contribution in [2.45, 2.75) is 17.8 Å². The van der Waals surface area contributed by atoms with Gasteiger partial charge in [-0.15, -0.1) is 0 Å². The third-order valence-corrected chi connectivity index (χ3v) is 16.6. The Kier molecular flexibility index (Phi) is 9.64. The van der Waals surface area contributed by atoms with E-state index in [0.717, 1.165) is 74.0 Å². The van der Waals surface area contributed by atoms with Gasteiger partial charge < -0.3 is 19.0 Å². The summed E-state index contributed by atoms with van der Waals surface area (Å²) in [6.07, 6.45) is 5.53. The lowest BCUT2D eigenvalue weighted by Gasteiger charge is -2.33. The summed E-state index contributed by atoms with van der Waals surface area (Å²) in [5.41, 5.74) is 23.5. The smallest absolute Gasteiger partial charge is 0.137 e. The minimum absolute atomic E-state index is 0.186. The normalized spacial score (nSPS) is 16.2. The second-order valence-electron chi connectivity index (χ2n) is 20.6. The van der Waals surface area contributed by atoms with Gasteiger partial charge in [-0.3, -0.25) is 0 Å². The van der Waals surface area contributed by atoms with E-state index >= 15 is 0 Å². The van der Waals surface area contributed by atoms with Crippen LogP contribution in [0.15, 0.2) is 289 Å². The average Bonchev–Trinajstić information content (AvgIpc) is 3.63. The monoisotopic (exact) mass is 984 g/mol. The molecule has 1 aromatic heterocycles. The second-order valence-corrected chi connectivity index (χ2v) is 20.6. The Balaban J connectivity index is 0.911. The van der Waals surface area contributed by atoms with Crippen molar-refractivity contribution >= 4 is 50.4 Å². The summed E-state index contributed by atoms with van der Waals surface area (Å²) in [5.74, 6) is 2.12. The van der Waals surface area contributed by atoms with Gasteiger partial charge in [0.2, 0.25) is 0 Å². The summed E-state index contributed by atoms with van der Waals surface area (Å²) in [5, 5.41) is 2.21. The number of nitrogens with zero attached hydrogens (tertiary/aromatic N) is 2. The van der Waals surface area contributed by atoms with Gasteiger partial charge in [0, 0.05) is 68.3 Å². The molecule has 4 nitrogen and oxygen atoms in total. The molecular formula is C73H48N2O2. The van der Waals surface area contributed by atoms with Crippen LogP contribution >= 0.6 is 0 Å². The molecule has 3 aliphatic carbocycles. The van der Waals surface area contributed by atoms with Gasteiger partial charge in [0.25, 0.3) is 0 Å². The van der Waals surface area contributed by atoms with Crippen LogP contribution in [0.2, 0.25) is 0 Å². The first-order valence-corrected chi connectivity index (χ1v) is 26.7. The van der Waals surface area contributed by atoms with Crippen molar-refractivity contribution in [3.05, 3.63) is 312 Å². The molecule has 1 aliphatic heterocycles. The van der Waals surface area contributed by atoms with Crippen LogP contribution in [0.25, 0.3) is 66.4 Å². The zero-order chi connectivity index (χ0) is 50.6. The van der Waals surface area contributed by atoms with Crippen molar-refractivity contribution in [3.63, 3.8) is 0 Å². The maximum Gasteiger partial charge on any atom is 0.137 e. The van der Waals surface area contributed by atoms with Gasteiger partial charge in [0.1, 0.15) is 22.7 Å². The topological polar surface area (TPSA) is 28.9 Å².